The Balaban J connectivity index is 2.20. The van der Waals surface area contributed by atoms with Gasteiger partial charge < -0.3 is 9.72 Å². The van der Waals surface area contributed by atoms with E-state index in [1.54, 1.807) is 7.11 Å². The van der Waals surface area contributed by atoms with Crippen LogP contribution in [-0.4, -0.2) is 26.6 Å². The van der Waals surface area contributed by atoms with Gasteiger partial charge in [0.1, 0.15) is 11.8 Å². The first kappa shape index (κ1) is 13.8. The zero-order chi connectivity index (χ0) is 15.0. The molecule has 108 valence electrons. The largest absolute Gasteiger partial charge is 0.479 e. The fraction of sp³-hybridized carbons (Fsp3) is 0.267. The van der Waals surface area contributed by atoms with Crippen LogP contribution in [0.25, 0.3) is 16.9 Å². The predicted molar refractivity (Wildman–Crippen MR) is 84.7 cm³/mol. The van der Waals surface area contributed by atoms with E-state index in [1.807, 2.05) is 16.7 Å². The Morgan fingerprint density at radius 1 is 1.19 bits per heavy atom. The lowest BCUT2D eigenvalue weighted by molar-refractivity contribution is 0.401. The summed E-state index contributed by atoms with van der Waals surface area (Å²) >= 11 is 5.41. The highest BCUT2D eigenvalue weighted by molar-refractivity contribution is 7.71. The zero-order valence-electron chi connectivity index (χ0n) is 12.1. The number of imidazole rings is 1. The van der Waals surface area contributed by atoms with Crippen LogP contribution in [0.2, 0.25) is 0 Å². The summed E-state index contributed by atoms with van der Waals surface area (Å²) in [5.41, 5.74) is 3.68. The number of fused-ring (bicyclic) bond motifs is 1. The lowest BCUT2D eigenvalue weighted by atomic mass is 10.0. The predicted octanol–water partition coefficient (Wildman–Crippen LogP) is 3.61. The van der Waals surface area contributed by atoms with E-state index in [0.717, 1.165) is 5.69 Å². The maximum Gasteiger partial charge on any atom is 0.242 e. The van der Waals surface area contributed by atoms with Crippen LogP contribution < -0.4 is 4.74 Å². The van der Waals surface area contributed by atoms with Crippen LogP contribution in [0.3, 0.4) is 0 Å². The molecule has 3 rings (SSSR count). The van der Waals surface area contributed by atoms with Gasteiger partial charge in [-0.3, -0.25) is 4.57 Å². The third-order valence-electron chi connectivity index (χ3n) is 3.45. The minimum Gasteiger partial charge on any atom is -0.479 e. The molecule has 5 nitrogen and oxygen atoms in total. The van der Waals surface area contributed by atoms with E-state index in [-0.39, 0.29) is 0 Å². The minimum atomic E-state index is 0.489. The molecular weight excluding hydrogens is 284 g/mol. The van der Waals surface area contributed by atoms with Crippen molar-refractivity contribution in [2.75, 3.05) is 7.11 Å². The number of nitrogens with one attached hydrogen (secondary N) is 1. The van der Waals surface area contributed by atoms with E-state index in [9.17, 15) is 0 Å². The first-order valence-electron chi connectivity index (χ1n) is 6.72. The molecule has 2 heterocycles. The molecule has 1 aromatic carbocycles. The van der Waals surface area contributed by atoms with Crippen molar-refractivity contribution in [3.63, 3.8) is 0 Å². The van der Waals surface area contributed by atoms with E-state index >= 15 is 0 Å². The number of H-pyrrole nitrogens is 1. The molecule has 0 radical (unpaired) electrons. The second-order valence-corrected chi connectivity index (χ2v) is 5.48. The second-order valence-electron chi connectivity index (χ2n) is 5.09. The van der Waals surface area contributed by atoms with Gasteiger partial charge in [-0.05, 0) is 35.8 Å². The summed E-state index contributed by atoms with van der Waals surface area (Å²) < 4.78 is 7.70. The Bertz CT molecular complexity index is 833. The third-order valence-corrected chi connectivity index (χ3v) is 3.74. The maximum absolute atomic E-state index is 5.41. The van der Waals surface area contributed by atoms with Gasteiger partial charge in [-0.25, -0.2) is 4.98 Å². The van der Waals surface area contributed by atoms with E-state index < -0.39 is 0 Å². The topological polar surface area (TPSA) is 55.7 Å². The number of hydrogen-bond acceptors (Lipinski definition) is 4. The van der Waals surface area contributed by atoms with Crippen LogP contribution in [0.15, 0.2) is 30.6 Å². The monoisotopic (exact) mass is 300 g/mol. The summed E-state index contributed by atoms with van der Waals surface area (Å²) in [4.78, 5) is 11.5. The highest BCUT2D eigenvalue weighted by Gasteiger charge is 2.12. The Morgan fingerprint density at radius 3 is 2.52 bits per heavy atom. The number of nitrogens with zero attached hydrogens (tertiary/aromatic N) is 3. The molecule has 0 spiro atoms. The number of aromatic nitrogens is 4. The smallest absolute Gasteiger partial charge is 0.242 e. The molecule has 1 N–H and O–H groups in total. The molecule has 0 amide bonds. The molecule has 0 saturated carbocycles. The number of benzene rings is 1. The highest BCUT2D eigenvalue weighted by atomic mass is 32.1. The molecule has 0 aliphatic carbocycles. The van der Waals surface area contributed by atoms with Gasteiger partial charge in [-0.1, -0.05) is 26.0 Å². The molecule has 0 bridgehead atoms. The summed E-state index contributed by atoms with van der Waals surface area (Å²) in [6.07, 6.45) is 1.47. The summed E-state index contributed by atoms with van der Waals surface area (Å²) in [7, 11) is 1.58. The lowest BCUT2D eigenvalue weighted by Gasteiger charge is -2.08. The Kier molecular flexibility index (Phi) is 3.47. The summed E-state index contributed by atoms with van der Waals surface area (Å²) in [6, 6.07) is 8.32. The summed E-state index contributed by atoms with van der Waals surface area (Å²) in [5.74, 6) is 0.987. The van der Waals surface area contributed by atoms with Gasteiger partial charge >= 0.3 is 0 Å². The number of aromatic amines is 1. The standard InChI is InChI=1S/C15H16N4OS/c1-9(2)10-4-6-11(7-5-10)19-13-12(18-15(19)21)14(20-3)17-8-16-13/h4-9H,1-3H3,(H,18,21). The lowest BCUT2D eigenvalue weighted by Crippen LogP contribution is -1.97. The quantitative estimate of drug-likeness (QED) is 0.751. The molecule has 0 atom stereocenters. The third kappa shape index (κ3) is 2.31. The van der Waals surface area contributed by atoms with E-state index in [0.29, 0.717) is 27.7 Å². The molecule has 0 saturated heterocycles. The summed E-state index contributed by atoms with van der Waals surface area (Å²) in [5, 5.41) is 0. The van der Waals surface area contributed by atoms with Crippen molar-refractivity contribution >= 4 is 23.4 Å². The van der Waals surface area contributed by atoms with Crippen molar-refractivity contribution in [3.05, 3.63) is 40.9 Å². The molecule has 0 unspecified atom stereocenters. The van der Waals surface area contributed by atoms with Gasteiger partial charge in [-0.2, -0.15) is 4.98 Å². The maximum atomic E-state index is 5.41. The van der Waals surface area contributed by atoms with Crippen LogP contribution in [-0.2, 0) is 0 Å². The SMILES string of the molecule is COc1ncnc2c1[nH]c(=S)n2-c1ccc(C(C)C)cc1. The number of rotatable bonds is 3. The van der Waals surface area contributed by atoms with Crippen LogP contribution in [0.5, 0.6) is 5.88 Å². The number of ether oxygens (including phenoxy) is 1. The normalized spacial score (nSPS) is 11.2. The van der Waals surface area contributed by atoms with Crippen LogP contribution in [0, 0.1) is 4.77 Å². The van der Waals surface area contributed by atoms with Crippen LogP contribution in [0.1, 0.15) is 25.3 Å². The Labute approximate surface area is 127 Å². The van der Waals surface area contributed by atoms with Gasteiger partial charge in [0.25, 0.3) is 0 Å². The van der Waals surface area contributed by atoms with Gasteiger partial charge in [0.05, 0.1) is 7.11 Å². The molecule has 6 heteroatoms. The fourth-order valence-electron chi connectivity index (χ4n) is 2.30. The fourth-order valence-corrected chi connectivity index (χ4v) is 2.60. The van der Waals surface area contributed by atoms with Crippen molar-refractivity contribution in [2.45, 2.75) is 19.8 Å². The molecule has 0 aliphatic rings. The number of methoxy groups -OCH3 is 1. The van der Waals surface area contributed by atoms with E-state index in [1.165, 1.54) is 11.9 Å². The first-order valence-corrected chi connectivity index (χ1v) is 7.12. The van der Waals surface area contributed by atoms with Crippen molar-refractivity contribution in [2.24, 2.45) is 0 Å². The molecule has 0 fully saturated rings. The second kappa shape index (κ2) is 5.29. The van der Waals surface area contributed by atoms with Gasteiger partial charge in [0.2, 0.25) is 5.88 Å². The molecular formula is C15H16N4OS. The Hall–Kier alpha value is -2.21. The molecule has 2 aromatic heterocycles. The minimum absolute atomic E-state index is 0.489. The average molecular weight is 300 g/mol. The van der Waals surface area contributed by atoms with Gasteiger partial charge in [0.15, 0.2) is 10.4 Å². The van der Waals surface area contributed by atoms with Crippen molar-refractivity contribution in [1.29, 1.82) is 0 Å². The van der Waals surface area contributed by atoms with Crippen LogP contribution >= 0.6 is 12.2 Å². The van der Waals surface area contributed by atoms with E-state index in [2.05, 4.69) is 40.9 Å². The van der Waals surface area contributed by atoms with Crippen molar-refractivity contribution in [1.82, 2.24) is 19.5 Å². The van der Waals surface area contributed by atoms with Gasteiger partial charge in [-0.15, -0.1) is 0 Å². The first-order chi connectivity index (χ1) is 10.1. The molecule has 0 aliphatic heterocycles. The number of hydrogen-bond donors (Lipinski definition) is 1. The molecule has 21 heavy (non-hydrogen) atoms. The molecule has 3 aromatic rings. The van der Waals surface area contributed by atoms with Gasteiger partial charge in [0, 0.05) is 5.69 Å². The zero-order valence-corrected chi connectivity index (χ0v) is 12.9. The highest BCUT2D eigenvalue weighted by Crippen LogP contribution is 2.24. The summed E-state index contributed by atoms with van der Waals surface area (Å²) in [6.45, 7) is 4.34. The van der Waals surface area contributed by atoms with E-state index in [4.69, 9.17) is 17.0 Å². The average Bonchev–Trinajstić information content (AvgIpc) is 2.83. The van der Waals surface area contributed by atoms with Crippen molar-refractivity contribution in [3.8, 4) is 11.6 Å². The van der Waals surface area contributed by atoms with Crippen LogP contribution in [0.4, 0.5) is 0 Å². The Morgan fingerprint density at radius 2 is 1.90 bits per heavy atom. The van der Waals surface area contributed by atoms with Crippen molar-refractivity contribution < 1.29 is 4.74 Å².